The second-order valence-electron chi connectivity index (χ2n) is 6.01. The highest BCUT2D eigenvalue weighted by molar-refractivity contribution is 9.10. The van der Waals surface area contributed by atoms with Crippen LogP contribution in [0.25, 0.3) is 0 Å². The molecule has 128 valence electrons. The standard InChI is InChI=1S/C19H16BrClN2O2/c1-11(2)12-3-7-14(8-4-12)22-17-16(21)18(24)23(19(17)25)15-9-5-13(20)6-10-15/h3-11,22H,1-2H3. The molecule has 1 heterocycles. The van der Waals surface area contributed by atoms with E-state index in [9.17, 15) is 9.59 Å². The van der Waals surface area contributed by atoms with Crippen LogP contribution >= 0.6 is 27.5 Å². The number of carbonyl (C=O) groups excluding carboxylic acids is 2. The van der Waals surface area contributed by atoms with E-state index in [1.165, 1.54) is 5.56 Å². The van der Waals surface area contributed by atoms with Crippen molar-refractivity contribution in [2.24, 2.45) is 0 Å². The SMILES string of the molecule is CC(C)c1ccc(NC2=C(Cl)C(=O)N(c3ccc(Br)cc3)C2=O)cc1. The van der Waals surface area contributed by atoms with Crippen LogP contribution in [-0.2, 0) is 9.59 Å². The number of hydrogen-bond acceptors (Lipinski definition) is 3. The zero-order valence-corrected chi connectivity index (χ0v) is 16.1. The monoisotopic (exact) mass is 418 g/mol. The quantitative estimate of drug-likeness (QED) is 0.709. The largest absolute Gasteiger partial charge is 0.350 e. The topological polar surface area (TPSA) is 49.4 Å². The summed E-state index contributed by atoms with van der Waals surface area (Å²) in [6.45, 7) is 4.22. The molecular weight excluding hydrogens is 404 g/mol. The number of rotatable bonds is 4. The van der Waals surface area contributed by atoms with Gasteiger partial charge in [-0.25, -0.2) is 4.90 Å². The smallest absolute Gasteiger partial charge is 0.283 e. The molecule has 0 atom stereocenters. The number of benzene rings is 2. The minimum atomic E-state index is -0.532. The number of anilines is 2. The van der Waals surface area contributed by atoms with E-state index in [4.69, 9.17) is 11.6 Å². The summed E-state index contributed by atoms with van der Waals surface area (Å²) >= 11 is 9.46. The molecule has 0 saturated carbocycles. The molecule has 0 bridgehead atoms. The maximum absolute atomic E-state index is 12.7. The molecule has 0 fully saturated rings. The average Bonchev–Trinajstić information content (AvgIpc) is 2.80. The Kier molecular flexibility index (Phi) is 4.97. The first kappa shape index (κ1) is 17.7. The predicted molar refractivity (Wildman–Crippen MR) is 104 cm³/mol. The summed E-state index contributed by atoms with van der Waals surface area (Å²) in [4.78, 5) is 26.2. The Balaban J connectivity index is 1.85. The van der Waals surface area contributed by atoms with Crippen LogP contribution in [-0.4, -0.2) is 11.8 Å². The van der Waals surface area contributed by atoms with Gasteiger partial charge in [0.1, 0.15) is 10.7 Å². The van der Waals surface area contributed by atoms with Gasteiger partial charge in [-0.05, 0) is 47.9 Å². The fourth-order valence-corrected chi connectivity index (χ4v) is 3.01. The van der Waals surface area contributed by atoms with E-state index in [0.29, 0.717) is 17.3 Å². The van der Waals surface area contributed by atoms with Crippen molar-refractivity contribution in [3.05, 3.63) is 69.3 Å². The molecule has 25 heavy (non-hydrogen) atoms. The van der Waals surface area contributed by atoms with Crippen molar-refractivity contribution in [1.29, 1.82) is 0 Å². The van der Waals surface area contributed by atoms with Crippen LogP contribution in [0.2, 0.25) is 0 Å². The summed E-state index contributed by atoms with van der Waals surface area (Å²) in [5.74, 6) is -0.583. The molecule has 0 unspecified atom stereocenters. The van der Waals surface area contributed by atoms with Crippen molar-refractivity contribution < 1.29 is 9.59 Å². The van der Waals surface area contributed by atoms with E-state index in [1.807, 2.05) is 24.3 Å². The normalized spacial score (nSPS) is 14.7. The lowest BCUT2D eigenvalue weighted by Crippen LogP contribution is -2.32. The van der Waals surface area contributed by atoms with Crippen molar-refractivity contribution in [3.63, 3.8) is 0 Å². The number of carbonyl (C=O) groups is 2. The maximum atomic E-state index is 12.7. The summed E-state index contributed by atoms with van der Waals surface area (Å²) in [6, 6.07) is 14.6. The molecular formula is C19H16BrClN2O2. The van der Waals surface area contributed by atoms with Crippen LogP contribution < -0.4 is 10.2 Å². The first-order chi connectivity index (χ1) is 11.9. The predicted octanol–water partition coefficient (Wildman–Crippen LogP) is 5.01. The zero-order valence-electron chi connectivity index (χ0n) is 13.7. The first-order valence-electron chi connectivity index (χ1n) is 7.79. The summed E-state index contributed by atoms with van der Waals surface area (Å²) in [6.07, 6.45) is 0. The molecule has 1 aliphatic rings. The molecule has 3 rings (SSSR count). The van der Waals surface area contributed by atoms with Crippen LogP contribution in [0.3, 0.4) is 0 Å². The van der Waals surface area contributed by atoms with Gasteiger partial charge in [0, 0.05) is 10.2 Å². The van der Waals surface area contributed by atoms with Crippen molar-refractivity contribution in [2.75, 3.05) is 10.2 Å². The van der Waals surface area contributed by atoms with Gasteiger partial charge in [-0.2, -0.15) is 0 Å². The van der Waals surface area contributed by atoms with E-state index < -0.39 is 11.8 Å². The third kappa shape index (κ3) is 3.48. The number of nitrogens with one attached hydrogen (secondary N) is 1. The van der Waals surface area contributed by atoms with Crippen LogP contribution in [0, 0.1) is 0 Å². The van der Waals surface area contributed by atoms with Crippen molar-refractivity contribution in [1.82, 2.24) is 0 Å². The molecule has 2 amide bonds. The van der Waals surface area contributed by atoms with Gasteiger partial charge < -0.3 is 5.32 Å². The van der Waals surface area contributed by atoms with Crippen molar-refractivity contribution in [2.45, 2.75) is 19.8 Å². The highest BCUT2D eigenvalue weighted by atomic mass is 79.9. The molecule has 2 aromatic carbocycles. The van der Waals surface area contributed by atoms with Crippen LogP contribution in [0.1, 0.15) is 25.3 Å². The molecule has 0 aromatic heterocycles. The summed E-state index contributed by atoms with van der Waals surface area (Å²) in [5.41, 5.74) is 2.46. The van der Waals surface area contributed by atoms with Gasteiger partial charge >= 0.3 is 0 Å². The Hall–Kier alpha value is -2.11. The second-order valence-corrected chi connectivity index (χ2v) is 7.31. The molecule has 1 aliphatic heterocycles. The van der Waals surface area contributed by atoms with Crippen LogP contribution in [0.4, 0.5) is 11.4 Å². The highest BCUT2D eigenvalue weighted by Gasteiger charge is 2.38. The highest BCUT2D eigenvalue weighted by Crippen LogP contribution is 2.31. The summed E-state index contributed by atoms with van der Waals surface area (Å²) < 4.78 is 0.859. The lowest BCUT2D eigenvalue weighted by Gasteiger charge is -2.15. The zero-order chi connectivity index (χ0) is 18.1. The number of imide groups is 1. The number of amides is 2. The van der Waals surface area contributed by atoms with Gasteiger partial charge in [-0.3, -0.25) is 9.59 Å². The minimum Gasteiger partial charge on any atom is -0.350 e. The fraction of sp³-hybridized carbons (Fsp3) is 0.158. The number of halogens is 2. The molecule has 6 heteroatoms. The average molecular weight is 420 g/mol. The van der Waals surface area contributed by atoms with Crippen LogP contribution in [0.5, 0.6) is 0 Å². The van der Waals surface area contributed by atoms with Crippen LogP contribution in [0.15, 0.2) is 63.7 Å². The van der Waals surface area contributed by atoms with Gasteiger partial charge in [0.15, 0.2) is 0 Å². The second kappa shape index (κ2) is 7.02. The minimum absolute atomic E-state index is 0.0897. The van der Waals surface area contributed by atoms with E-state index in [0.717, 1.165) is 9.37 Å². The summed E-state index contributed by atoms with van der Waals surface area (Å²) in [7, 11) is 0. The molecule has 2 aromatic rings. The Morgan fingerprint density at radius 3 is 2.12 bits per heavy atom. The van der Waals surface area contributed by atoms with E-state index in [2.05, 4.69) is 35.1 Å². The van der Waals surface area contributed by atoms with E-state index >= 15 is 0 Å². The Bertz CT molecular complexity index is 858. The summed E-state index contributed by atoms with van der Waals surface area (Å²) in [5, 5.41) is 2.86. The van der Waals surface area contributed by atoms with Crippen molar-refractivity contribution >= 4 is 50.7 Å². The lowest BCUT2D eigenvalue weighted by atomic mass is 10.0. The molecule has 1 N–H and O–H groups in total. The molecule has 4 nitrogen and oxygen atoms in total. The Labute approximate surface area is 159 Å². The Morgan fingerprint density at radius 1 is 0.960 bits per heavy atom. The maximum Gasteiger partial charge on any atom is 0.283 e. The molecule has 0 spiro atoms. The number of nitrogens with zero attached hydrogens (tertiary/aromatic N) is 1. The third-order valence-corrected chi connectivity index (χ3v) is 4.84. The van der Waals surface area contributed by atoms with Gasteiger partial charge in [0.05, 0.1) is 5.69 Å². The van der Waals surface area contributed by atoms with E-state index in [1.54, 1.807) is 24.3 Å². The third-order valence-electron chi connectivity index (χ3n) is 3.96. The van der Waals surface area contributed by atoms with Gasteiger partial charge in [0.25, 0.3) is 11.8 Å². The molecule has 0 radical (unpaired) electrons. The van der Waals surface area contributed by atoms with Gasteiger partial charge in [-0.1, -0.05) is 53.5 Å². The van der Waals surface area contributed by atoms with Gasteiger partial charge in [-0.15, -0.1) is 0 Å². The Morgan fingerprint density at radius 2 is 1.56 bits per heavy atom. The fourth-order valence-electron chi connectivity index (χ4n) is 2.53. The number of hydrogen-bond donors (Lipinski definition) is 1. The molecule has 0 aliphatic carbocycles. The lowest BCUT2D eigenvalue weighted by molar-refractivity contribution is -0.120. The van der Waals surface area contributed by atoms with Gasteiger partial charge in [0.2, 0.25) is 0 Å². The first-order valence-corrected chi connectivity index (χ1v) is 8.96. The van der Waals surface area contributed by atoms with Crippen molar-refractivity contribution in [3.8, 4) is 0 Å². The van der Waals surface area contributed by atoms with E-state index in [-0.39, 0.29) is 10.7 Å². The molecule has 0 saturated heterocycles.